The predicted molar refractivity (Wildman–Crippen MR) is 70.6 cm³/mol. The Morgan fingerprint density at radius 2 is 2.22 bits per heavy atom. The number of likely N-dealkylation sites (tertiary alicyclic amines) is 1. The summed E-state index contributed by atoms with van der Waals surface area (Å²) in [6, 6.07) is 2.32. The van der Waals surface area contributed by atoms with Crippen LogP contribution in [0, 0.1) is 23.2 Å². The maximum absolute atomic E-state index is 11.9. The van der Waals surface area contributed by atoms with E-state index in [9.17, 15) is 4.79 Å². The van der Waals surface area contributed by atoms with Gasteiger partial charge in [0.25, 0.3) is 0 Å². The highest BCUT2D eigenvalue weighted by molar-refractivity contribution is 5.79. The molecule has 0 aromatic rings. The van der Waals surface area contributed by atoms with E-state index >= 15 is 0 Å². The fraction of sp³-hybridized carbons (Fsp3) is 0.846. The van der Waals surface area contributed by atoms with Gasteiger partial charge in [0, 0.05) is 19.1 Å². The SMILES string of the molecule is CC1CN(CC(=O)NC(C)(C#N)C(C)C)CC1N. The normalized spacial score (nSPS) is 27.8. The van der Waals surface area contributed by atoms with Crippen molar-refractivity contribution in [2.75, 3.05) is 19.6 Å². The fourth-order valence-electron chi connectivity index (χ4n) is 2.06. The Morgan fingerprint density at radius 1 is 1.61 bits per heavy atom. The average molecular weight is 252 g/mol. The van der Waals surface area contributed by atoms with Gasteiger partial charge >= 0.3 is 0 Å². The lowest BCUT2D eigenvalue weighted by Crippen LogP contribution is -2.51. The quantitative estimate of drug-likeness (QED) is 0.755. The summed E-state index contributed by atoms with van der Waals surface area (Å²) in [4.78, 5) is 14.0. The molecule has 0 saturated carbocycles. The zero-order valence-corrected chi connectivity index (χ0v) is 11.7. The van der Waals surface area contributed by atoms with Gasteiger partial charge in [-0.3, -0.25) is 9.69 Å². The Kier molecular flexibility index (Phi) is 4.71. The standard InChI is InChI=1S/C13H24N4O/c1-9(2)13(4,8-14)16-12(18)7-17-5-10(3)11(15)6-17/h9-11H,5-7,15H2,1-4H3,(H,16,18). The molecule has 1 aliphatic heterocycles. The minimum Gasteiger partial charge on any atom is -0.337 e. The number of nitriles is 1. The Balaban J connectivity index is 2.50. The van der Waals surface area contributed by atoms with Crippen LogP contribution < -0.4 is 11.1 Å². The Labute approximate surface area is 109 Å². The first kappa shape index (κ1) is 14.9. The molecule has 3 unspecified atom stereocenters. The lowest BCUT2D eigenvalue weighted by atomic mass is 9.90. The van der Waals surface area contributed by atoms with Gasteiger partial charge in [0.1, 0.15) is 5.54 Å². The van der Waals surface area contributed by atoms with Crippen molar-refractivity contribution in [3.63, 3.8) is 0 Å². The summed E-state index contributed by atoms with van der Waals surface area (Å²) in [6.07, 6.45) is 0. The number of carbonyl (C=O) groups is 1. The van der Waals surface area contributed by atoms with Crippen LogP contribution >= 0.6 is 0 Å². The summed E-state index contributed by atoms with van der Waals surface area (Å²) < 4.78 is 0. The zero-order chi connectivity index (χ0) is 13.9. The van der Waals surface area contributed by atoms with Gasteiger partial charge in [-0.25, -0.2) is 0 Å². The molecule has 3 N–H and O–H groups in total. The van der Waals surface area contributed by atoms with Crippen molar-refractivity contribution < 1.29 is 4.79 Å². The van der Waals surface area contributed by atoms with Crippen molar-refractivity contribution in [1.29, 1.82) is 5.26 Å². The number of carbonyl (C=O) groups excluding carboxylic acids is 1. The molecule has 1 rings (SSSR count). The van der Waals surface area contributed by atoms with Crippen LogP contribution in [0.5, 0.6) is 0 Å². The van der Waals surface area contributed by atoms with E-state index in [0.717, 1.165) is 13.1 Å². The monoisotopic (exact) mass is 252 g/mol. The van der Waals surface area contributed by atoms with Crippen molar-refractivity contribution in [3.8, 4) is 6.07 Å². The van der Waals surface area contributed by atoms with Crippen LogP contribution in [0.3, 0.4) is 0 Å². The first-order valence-electron chi connectivity index (χ1n) is 6.48. The van der Waals surface area contributed by atoms with E-state index in [-0.39, 0.29) is 17.9 Å². The summed E-state index contributed by atoms with van der Waals surface area (Å²) in [7, 11) is 0. The number of nitrogens with two attached hydrogens (primary N) is 1. The number of nitrogens with one attached hydrogen (secondary N) is 1. The molecule has 0 bridgehead atoms. The van der Waals surface area contributed by atoms with Gasteiger partial charge in [-0.2, -0.15) is 5.26 Å². The summed E-state index contributed by atoms with van der Waals surface area (Å²) in [5, 5.41) is 12.0. The predicted octanol–water partition coefficient (Wildman–Crippen LogP) is 0.320. The maximum Gasteiger partial charge on any atom is 0.235 e. The first-order valence-corrected chi connectivity index (χ1v) is 6.48. The molecule has 18 heavy (non-hydrogen) atoms. The number of hydrogen-bond acceptors (Lipinski definition) is 4. The third-order valence-corrected chi connectivity index (χ3v) is 3.90. The van der Waals surface area contributed by atoms with Crippen LogP contribution in [0.4, 0.5) is 0 Å². The molecule has 5 heteroatoms. The molecule has 102 valence electrons. The second-order valence-corrected chi connectivity index (χ2v) is 5.85. The van der Waals surface area contributed by atoms with Crippen LogP contribution in [0.25, 0.3) is 0 Å². The molecule has 0 aromatic carbocycles. The molecule has 3 atom stereocenters. The lowest BCUT2D eigenvalue weighted by molar-refractivity contribution is -0.123. The molecule has 1 fully saturated rings. The molecular weight excluding hydrogens is 228 g/mol. The van der Waals surface area contributed by atoms with Gasteiger partial charge in [0.05, 0.1) is 12.6 Å². The van der Waals surface area contributed by atoms with Crippen LogP contribution in [0.1, 0.15) is 27.7 Å². The van der Waals surface area contributed by atoms with E-state index in [1.54, 1.807) is 6.92 Å². The van der Waals surface area contributed by atoms with Crippen LogP contribution in [0.15, 0.2) is 0 Å². The lowest BCUT2D eigenvalue weighted by Gasteiger charge is -2.28. The van der Waals surface area contributed by atoms with Crippen LogP contribution in [-0.2, 0) is 4.79 Å². The van der Waals surface area contributed by atoms with Crippen LogP contribution in [0.2, 0.25) is 0 Å². The van der Waals surface area contributed by atoms with Crippen molar-refractivity contribution >= 4 is 5.91 Å². The van der Waals surface area contributed by atoms with E-state index in [0.29, 0.717) is 12.5 Å². The first-order chi connectivity index (χ1) is 8.28. The number of rotatable bonds is 4. The number of hydrogen-bond donors (Lipinski definition) is 2. The molecule has 5 nitrogen and oxygen atoms in total. The van der Waals surface area contributed by atoms with E-state index in [1.807, 2.05) is 18.7 Å². The number of amides is 1. The summed E-state index contributed by atoms with van der Waals surface area (Å²) >= 11 is 0. The molecule has 1 saturated heterocycles. The van der Waals surface area contributed by atoms with E-state index in [1.165, 1.54) is 0 Å². The third kappa shape index (κ3) is 3.44. The molecule has 1 amide bonds. The smallest absolute Gasteiger partial charge is 0.235 e. The van der Waals surface area contributed by atoms with Crippen LogP contribution in [-0.4, -0.2) is 42.0 Å². The largest absolute Gasteiger partial charge is 0.337 e. The molecule has 1 heterocycles. The van der Waals surface area contributed by atoms with E-state index in [2.05, 4.69) is 18.3 Å². The highest BCUT2D eigenvalue weighted by atomic mass is 16.2. The minimum atomic E-state index is -0.801. The van der Waals surface area contributed by atoms with E-state index in [4.69, 9.17) is 11.0 Å². The number of nitrogens with zero attached hydrogens (tertiary/aromatic N) is 2. The molecule has 0 radical (unpaired) electrons. The molecule has 0 aliphatic carbocycles. The Bertz CT molecular complexity index is 339. The molecular formula is C13H24N4O. The second kappa shape index (κ2) is 5.68. The maximum atomic E-state index is 11.9. The third-order valence-electron chi connectivity index (χ3n) is 3.90. The summed E-state index contributed by atoms with van der Waals surface area (Å²) in [5.41, 5.74) is 5.12. The summed E-state index contributed by atoms with van der Waals surface area (Å²) in [6.45, 7) is 9.62. The zero-order valence-electron chi connectivity index (χ0n) is 11.7. The highest BCUT2D eigenvalue weighted by Gasteiger charge is 2.32. The van der Waals surface area contributed by atoms with Gasteiger partial charge in [-0.1, -0.05) is 20.8 Å². The van der Waals surface area contributed by atoms with Gasteiger partial charge in [0.15, 0.2) is 0 Å². The minimum absolute atomic E-state index is 0.0752. The fourth-order valence-corrected chi connectivity index (χ4v) is 2.06. The second-order valence-electron chi connectivity index (χ2n) is 5.85. The Hall–Kier alpha value is -1.12. The average Bonchev–Trinajstić information content (AvgIpc) is 2.57. The van der Waals surface area contributed by atoms with E-state index < -0.39 is 5.54 Å². The topological polar surface area (TPSA) is 82.2 Å². The van der Waals surface area contributed by atoms with Gasteiger partial charge in [-0.05, 0) is 18.8 Å². The molecule has 1 aliphatic rings. The highest BCUT2D eigenvalue weighted by Crippen LogP contribution is 2.16. The molecule has 0 aromatic heterocycles. The molecule has 0 spiro atoms. The van der Waals surface area contributed by atoms with Gasteiger partial charge < -0.3 is 11.1 Å². The van der Waals surface area contributed by atoms with Crippen molar-refractivity contribution in [2.45, 2.75) is 39.3 Å². The van der Waals surface area contributed by atoms with Gasteiger partial charge in [0.2, 0.25) is 5.91 Å². The van der Waals surface area contributed by atoms with Crippen molar-refractivity contribution in [3.05, 3.63) is 0 Å². The van der Waals surface area contributed by atoms with Crippen molar-refractivity contribution in [2.24, 2.45) is 17.6 Å². The van der Waals surface area contributed by atoms with Gasteiger partial charge in [-0.15, -0.1) is 0 Å². The Morgan fingerprint density at radius 3 is 2.61 bits per heavy atom. The summed E-state index contributed by atoms with van der Waals surface area (Å²) in [5.74, 6) is 0.394. The van der Waals surface area contributed by atoms with Crippen molar-refractivity contribution in [1.82, 2.24) is 10.2 Å².